The van der Waals surface area contributed by atoms with Crippen LogP contribution in [-0.4, -0.2) is 36.5 Å². The Morgan fingerprint density at radius 2 is 1.92 bits per heavy atom. The number of halogens is 2. The monoisotopic (exact) mass is 376 g/mol. The molecule has 4 nitrogen and oxygen atoms in total. The highest BCUT2D eigenvalue weighted by Gasteiger charge is 2.21. The van der Waals surface area contributed by atoms with Crippen LogP contribution in [0.4, 0.5) is 4.39 Å². The Hall–Kier alpha value is -2.11. The molecule has 3 rings (SSSR count). The smallest absolute Gasteiger partial charge is 0.258 e. The van der Waals surface area contributed by atoms with Crippen LogP contribution in [0.3, 0.4) is 0 Å². The minimum Gasteiger partial charge on any atom is -0.482 e. The molecule has 6 heteroatoms. The number of piperidine rings is 1. The first kappa shape index (κ1) is 18.7. The second-order valence-electron chi connectivity index (χ2n) is 6.47. The Morgan fingerprint density at radius 1 is 1.19 bits per heavy atom. The van der Waals surface area contributed by atoms with Crippen LogP contribution in [0.15, 0.2) is 48.5 Å². The van der Waals surface area contributed by atoms with E-state index in [-0.39, 0.29) is 23.6 Å². The van der Waals surface area contributed by atoms with Crippen LogP contribution in [0.5, 0.6) is 5.75 Å². The molecule has 1 heterocycles. The second-order valence-corrected chi connectivity index (χ2v) is 6.87. The number of hydrogen-bond acceptors (Lipinski definition) is 3. The zero-order valence-corrected chi connectivity index (χ0v) is 15.2. The first-order chi connectivity index (χ1) is 12.6. The van der Waals surface area contributed by atoms with Crippen LogP contribution < -0.4 is 10.1 Å². The third-order valence-corrected chi connectivity index (χ3v) is 4.75. The topological polar surface area (TPSA) is 41.6 Å². The Labute approximate surface area is 157 Å². The van der Waals surface area contributed by atoms with E-state index in [9.17, 15) is 9.18 Å². The third-order valence-electron chi connectivity index (χ3n) is 4.45. The minimum atomic E-state index is -0.436. The molecule has 0 unspecified atom stereocenters. The maximum atomic E-state index is 13.0. The summed E-state index contributed by atoms with van der Waals surface area (Å²) in [5.74, 6) is -0.318. The highest BCUT2D eigenvalue weighted by molar-refractivity contribution is 6.32. The van der Waals surface area contributed by atoms with Crippen LogP contribution in [-0.2, 0) is 11.3 Å². The van der Waals surface area contributed by atoms with Crippen LogP contribution >= 0.6 is 11.6 Å². The molecule has 0 bridgehead atoms. The number of amides is 1. The number of likely N-dealkylation sites (tertiary alicyclic amines) is 1. The van der Waals surface area contributed by atoms with Crippen LogP contribution in [0.25, 0.3) is 0 Å². The van der Waals surface area contributed by atoms with E-state index in [1.165, 1.54) is 17.7 Å². The summed E-state index contributed by atoms with van der Waals surface area (Å²) >= 11 is 5.89. The van der Waals surface area contributed by atoms with E-state index in [4.69, 9.17) is 16.3 Å². The average Bonchev–Trinajstić information content (AvgIpc) is 2.63. The van der Waals surface area contributed by atoms with Gasteiger partial charge in [-0.3, -0.25) is 9.69 Å². The molecule has 1 aliphatic rings. The van der Waals surface area contributed by atoms with Gasteiger partial charge in [-0.2, -0.15) is 0 Å². The van der Waals surface area contributed by atoms with E-state index in [1.54, 1.807) is 0 Å². The van der Waals surface area contributed by atoms with Gasteiger partial charge in [0.2, 0.25) is 0 Å². The molecule has 2 aromatic rings. The van der Waals surface area contributed by atoms with Crippen molar-refractivity contribution < 1.29 is 13.9 Å². The number of hydrogen-bond donors (Lipinski definition) is 1. The SMILES string of the molecule is O=C(COc1ccc(F)cc1Cl)NC1CCN(Cc2ccccc2)CC1. The second kappa shape index (κ2) is 9.01. The standard InChI is InChI=1S/C20H22ClFN2O2/c21-18-12-16(22)6-7-19(18)26-14-20(25)23-17-8-10-24(11-9-17)13-15-4-2-1-3-5-15/h1-7,12,17H,8-11,13-14H2,(H,23,25). The number of carbonyl (C=O) groups excluding carboxylic acids is 1. The summed E-state index contributed by atoms with van der Waals surface area (Å²) in [6, 6.07) is 14.4. The van der Waals surface area contributed by atoms with Gasteiger partial charge in [0, 0.05) is 25.7 Å². The van der Waals surface area contributed by atoms with Gasteiger partial charge in [-0.05, 0) is 36.6 Å². The van der Waals surface area contributed by atoms with E-state index in [0.29, 0.717) is 5.75 Å². The van der Waals surface area contributed by atoms with E-state index in [1.807, 2.05) is 6.07 Å². The lowest BCUT2D eigenvalue weighted by Gasteiger charge is -2.32. The van der Waals surface area contributed by atoms with Crippen molar-refractivity contribution in [3.8, 4) is 5.75 Å². The van der Waals surface area contributed by atoms with Crippen molar-refractivity contribution in [2.45, 2.75) is 25.4 Å². The largest absolute Gasteiger partial charge is 0.482 e. The summed E-state index contributed by atoms with van der Waals surface area (Å²) in [5, 5.41) is 3.16. The molecule has 0 saturated carbocycles. The minimum absolute atomic E-state index is 0.129. The van der Waals surface area contributed by atoms with Gasteiger partial charge in [-0.25, -0.2) is 4.39 Å². The molecule has 26 heavy (non-hydrogen) atoms. The fourth-order valence-corrected chi connectivity index (χ4v) is 3.30. The van der Waals surface area contributed by atoms with Gasteiger partial charge in [0.05, 0.1) is 5.02 Å². The molecule has 0 spiro atoms. The van der Waals surface area contributed by atoms with Crippen molar-refractivity contribution in [1.82, 2.24) is 10.2 Å². The molecular weight excluding hydrogens is 355 g/mol. The first-order valence-electron chi connectivity index (χ1n) is 8.73. The number of nitrogens with zero attached hydrogens (tertiary/aromatic N) is 1. The van der Waals surface area contributed by atoms with Gasteiger partial charge in [0.15, 0.2) is 6.61 Å². The van der Waals surface area contributed by atoms with Crippen molar-refractivity contribution in [3.05, 3.63) is 64.9 Å². The molecule has 138 valence electrons. The molecule has 0 aliphatic carbocycles. The van der Waals surface area contributed by atoms with Gasteiger partial charge >= 0.3 is 0 Å². The number of rotatable bonds is 6. The van der Waals surface area contributed by atoms with Crippen LogP contribution in [0.1, 0.15) is 18.4 Å². The molecule has 0 atom stereocenters. The number of carbonyl (C=O) groups is 1. The predicted octanol–water partition coefficient (Wildman–Crippen LogP) is 3.64. The fourth-order valence-electron chi connectivity index (χ4n) is 3.08. The van der Waals surface area contributed by atoms with E-state index in [0.717, 1.165) is 38.5 Å². The van der Waals surface area contributed by atoms with Crippen molar-refractivity contribution in [2.24, 2.45) is 0 Å². The summed E-state index contributed by atoms with van der Waals surface area (Å²) in [6.07, 6.45) is 1.83. The summed E-state index contributed by atoms with van der Waals surface area (Å²) in [6.45, 7) is 2.71. The van der Waals surface area contributed by atoms with E-state index in [2.05, 4.69) is 34.5 Å². The maximum Gasteiger partial charge on any atom is 0.258 e. The molecule has 1 amide bonds. The lowest BCUT2D eigenvalue weighted by molar-refractivity contribution is -0.124. The van der Waals surface area contributed by atoms with Crippen molar-refractivity contribution in [2.75, 3.05) is 19.7 Å². The highest BCUT2D eigenvalue weighted by atomic mass is 35.5. The molecule has 0 radical (unpaired) electrons. The maximum absolute atomic E-state index is 13.0. The van der Waals surface area contributed by atoms with Crippen LogP contribution in [0.2, 0.25) is 5.02 Å². The fraction of sp³-hybridized carbons (Fsp3) is 0.350. The quantitative estimate of drug-likeness (QED) is 0.836. The summed E-state index contributed by atoms with van der Waals surface area (Å²) in [5.41, 5.74) is 1.31. The van der Waals surface area contributed by atoms with Gasteiger partial charge < -0.3 is 10.1 Å². The van der Waals surface area contributed by atoms with Gasteiger partial charge in [-0.15, -0.1) is 0 Å². The molecule has 1 aliphatic heterocycles. The van der Waals surface area contributed by atoms with Crippen molar-refractivity contribution in [1.29, 1.82) is 0 Å². The normalized spacial score (nSPS) is 15.6. The molecule has 0 aromatic heterocycles. The number of benzene rings is 2. The molecule has 1 fully saturated rings. The zero-order valence-electron chi connectivity index (χ0n) is 14.5. The lowest BCUT2D eigenvalue weighted by Crippen LogP contribution is -2.45. The first-order valence-corrected chi connectivity index (χ1v) is 9.11. The zero-order chi connectivity index (χ0) is 18.4. The number of ether oxygens (including phenoxy) is 1. The summed E-state index contributed by atoms with van der Waals surface area (Å²) < 4.78 is 18.4. The van der Waals surface area contributed by atoms with E-state index >= 15 is 0 Å². The van der Waals surface area contributed by atoms with E-state index < -0.39 is 5.82 Å². The highest BCUT2D eigenvalue weighted by Crippen LogP contribution is 2.24. The third kappa shape index (κ3) is 5.44. The Kier molecular flexibility index (Phi) is 6.47. The van der Waals surface area contributed by atoms with Gasteiger partial charge in [0.25, 0.3) is 5.91 Å². The predicted molar refractivity (Wildman–Crippen MR) is 99.8 cm³/mol. The van der Waals surface area contributed by atoms with Crippen molar-refractivity contribution >= 4 is 17.5 Å². The molecule has 2 aromatic carbocycles. The van der Waals surface area contributed by atoms with Gasteiger partial charge in [-0.1, -0.05) is 41.9 Å². The Balaban J connectivity index is 1.39. The Bertz CT molecular complexity index is 734. The lowest BCUT2D eigenvalue weighted by atomic mass is 10.0. The van der Waals surface area contributed by atoms with Gasteiger partial charge in [0.1, 0.15) is 11.6 Å². The summed E-state index contributed by atoms with van der Waals surface area (Å²) in [7, 11) is 0. The number of nitrogens with one attached hydrogen (secondary N) is 1. The molecule has 1 saturated heterocycles. The molecule has 1 N–H and O–H groups in total. The summed E-state index contributed by atoms with van der Waals surface area (Å²) in [4.78, 5) is 14.5. The average molecular weight is 377 g/mol. The van der Waals surface area contributed by atoms with Crippen molar-refractivity contribution in [3.63, 3.8) is 0 Å². The van der Waals surface area contributed by atoms with Crippen LogP contribution in [0, 0.1) is 5.82 Å². The molecular formula is C20H22ClFN2O2. The Morgan fingerprint density at radius 3 is 2.62 bits per heavy atom.